The Labute approximate surface area is 233 Å². The normalized spacial score (nSPS) is 22.9. The number of benzene rings is 1. The van der Waals surface area contributed by atoms with Gasteiger partial charge in [0.2, 0.25) is 11.9 Å². The van der Waals surface area contributed by atoms with Gasteiger partial charge in [0, 0.05) is 37.3 Å². The second kappa shape index (κ2) is 11.2. The highest BCUT2D eigenvalue weighted by Crippen LogP contribution is 2.40. The molecule has 3 amide bonds. The fraction of sp³-hybridized carbons (Fsp3) is 0.536. The van der Waals surface area contributed by atoms with Crippen molar-refractivity contribution >= 4 is 41.0 Å². The van der Waals surface area contributed by atoms with Gasteiger partial charge in [-0.2, -0.15) is 4.98 Å². The Hall–Kier alpha value is -4.09. The van der Waals surface area contributed by atoms with Crippen LogP contribution in [0.25, 0.3) is 0 Å². The third kappa shape index (κ3) is 5.09. The lowest BCUT2D eigenvalue weighted by molar-refractivity contribution is -0.120. The topological polar surface area (TPSA) is 140 Å². The first kappa shape index (κ1) is 27.5. The maximum atomic E-state index is 13.1. The molecule has 12 nitrogen and oxygen atoms in total. The minimum Gasteiger partial charge on any atom is -0.495 e. The molecule has 3 aliphatic rings. The summed E-state index contributed by atoms with van der Waals surface area (Å²) in [7, 11) is 3.29. The van der Waals surface area contributed by atoms with Gasteiger partial charge >= 0.3 is 6.09 Å². The van der Waals surface area contributed by atoms with Crippen LogP contribution >= 0.6 is 0 Å². The average Bonchev–Trinajstić information content (AvgIpc) is 3.60. The van der Waals surface area contributed by atoms with Crippen LogP contribution in [0.4, 0.5) is 27.9 Å². The number of amides is 3. The van der Waals surface area contributed by atoms with Crippen molar-refractivity contribution in [3.63, 3.8) is 0 Å². The molecule has 1 aliphatic carbocycles. The van der Waals surface area contributed by atoms with Crippen molar-refractivity contribution in [3.05, 3.63) is 30.0 Å². The van der Waals surface area contributed by atoms with E-state index in [1.807, 2.05) is 13.8 Å². The van der Waals surface area contributed by atoms with Crippen molar-refractivity contribution in [1.82, 2.24) is 20.2 Å². The van der Waals surface area contributed by atoms with Crippen molar-refractivity contribution in [3.8, 4) is 5.75 Å². The molecular weight excluding hydrogens is 514 g/mol. The van der Waals surface area contributed by atoms with Gasteiger partial charge in [-0.1, -0.05) is 19.8 Å². The molecule has 1 aromatic carbocycles. The molecular formula is C28H37N7O5. The molecule has 0 bridgehead atoms. The van der Waals surface area contributed by atoms with E-state index in [4.69, 9.17) is 9.72 Å². The molecule has 3 atom stereocenters. The summed E-state index contributed by atoms with van der Waals surface area (Å²) in [5, 5.41) is 15.5. The first-order chi connectivity index (χ1) is 19.2. The zero-order valence-corrected chi connectivity index (χ0v) is 23.4. The fourth-order valence-electron chi connectivity index (χ4n) is 6.17. The van der Waals surface area contributed by atoms with E-state index in [-0.39, 0.29) is 42.5 Å². The van der Waals surface area contributed by atoms with E-state index in [2.05, 4.69) is 20.5 Å². The fourth-order valence-corrected chi connectivity index (χ4v) is 6.17. The van der Waals surface area contributed by atoms with E-state index >= 15 is 0 Å². The average molecular weight is 552 g/mol. The maximum Gasteiger partial charge on any atom is 0.407 e. The number of carboxylic acid groups (broad SMARTS) is 1. The third-order valence-corrected chi connectivity index (χ3v) is 8.28. The Balaban J connectivity index is 1.36. The number of methoxy groups -OCH3 is 1. The SMILES string of the molecule is CC[C@@H]1C(=O)N(C)c2cnc(Nc3ccc(C(=O)N[C@H]4CC(C)N(C(=O)O)C4)cc3OC)nc2N1C1CCCC1. The summed E-state index contributed by atoms with van der Waals surface area (Å²) in [6.07, 6.45) is 6.29. The predicted molar refractivity (Wildman–Crippen MR) is 151 cm³/mol. The molecule has 214 valence electrons. The van der Waals surface area contributed by atoms with Gasteiger partial charge < -0.3 is 35.2 Å². The lowest BCUT2D eigenvalue weighted by Gasteiger charge is -2.43. The van der Waals surface area contributed by atoms with Gasteiger partial charge in [-0.25, -0.2) is 9.78 Å². The molecule has 5 rings (SSSR count). The Morgan fingerprint density at radius 1 is 1.23 bits per heavy atom. The van der Waals surface area contributed by atoms with Crippen LogP contribution < -0.4 is 25.2 Å². The molecule has 1 saturated heterocycles. The summed E-state index contributed by atoms with van der Waals surface area (Å²) in [6.45, 7) is 4.12. The lowest BCUT2D eigenvalue weighted by atomic mass is 10.0. The maximum absolute atomic E-state index is 13.1. The zero-order valence-electron chi connectivity index (χ0n) is 23.4. The molecule has 12 heteroatoms. The third-order valence-electron chi connectivity index (χ3n) is 8.28. The number of fused-ring (bicyclic) bond motifs is 1. The standard InChI is InChI=1S/C28H37N7O5/c1-5-21-26(37)33(3)22-14-29-27(32-24(22)35(21)19-8-6-7-9-19)31-20-11-10-17(13-23(20)40-4)25(36)30-18-12-16(2)34(15-18)28(38)39/h10-11,13-14,16,18-19,21H,5-9,12,15H2,1-4H3,(H,30,36)(H,38,39)(H,29,31,32)/t16?,18-,21+/m0/s1. The number of rotatable bonds is 7. The highest BCUT2D eigenvalue weighted by atomic mass is 16.5. The summed E-state index contributed by atoms with van der Waals surface area (Å²) in [5.74, 6) is 1.31. The largest absolute Gasteiger partial charge is 0.495 e. The first-order valence-electron chi connectivity index (χ1n) is 13.9. The minimum absolute atomic E-state index is 0.0597. The van der Waals surface area contributed by atoms with Crippen LogP contribution in [0.15, 0.2) is 24.4 Å². The molecule has 3 N–H and O–H groups in total. The van der Waals surface area contributed by atoms with Crippen LogP contribution in [0, 0.1) is 0 Å². The molecule has 2 fully saturated rings. The second-order valence-electron chi connectivity index (χ2n) is 10.8. The number of likely N-dealkylation sites (tertiary alicyclic amines) is 1. The van der Waals surface area contributed by atoms with Crippen molar-refractivity contribution in [2.24, 2.45) is 0 Å². The number of carbonyl (C=O) groups excluding carboxylic acids is 2. The Kier molecular flexibility index (Phi) is 7.68. The first-order valence-corrected chi connectivity index (χ1v) is 13.9. The van der Waals surface area contributed by atoms with Crippen LogP contribution in [-0.2, 0) is 4.79 Å². The molecule has 2 aromatic rings. The van der Waals surface area contributed by atoms with E-state index in [9.17, 15) is 19.5 Å². The smallest absolute Gasteiger partial charge is 0.407 e. The van der Waals surface area contributed by atoms with E-state index in [0.717, 1.165) is 31.5 Å². The van der Waals surface area contributed by atoms with Crippen molar-refractivity contribution < 1.29 is 24.2 Å². The molecule has 0 spiro atoms. The van der Waals surface area contributed by atoms with Crippen LogP contribution in [0.3, 0.4) is 0 Å². The van der Waals surface area contributed by atoms with Crippen LogP contribution in [-0.4, -0.2) is 82.8 Å². The number of likely N-dealkylation sites (N-methyl/N-ethyl adjacent to an activating group) is 1. The highest BCUT2D eigenvalue weighted by molar-refractivity contribution is 6.04. The van der Waals surface area contributed by atoms with E-state index < -0.39 is 6.09 Å². The molecule has 3 heterocycles. The number of anilines is 4. The van der Waals surface area contributed by atoms with Gasteiger partial charge in [0.15, 0.2) is 5.82 Å². The van der Waals surface area contributed by atoms with E-state index in [1.54, 1.807) is 36.3 Å². The molecule has 0 radical (unpaired) electrons. The Bertz CT molecular complexity index is 1300. The highest BCUT2D eigenvalue weighted by Gasteiger charge is 2.41. The molecule has 1 aromatic heterocycles. The minimum atomic E-state index is -0.986. The van der Waals surface area contributed by atoms with Gasteiger partial charge in [-0.15, -0.1) is 0 Å². The summed E-state index contributed by atoms with van der Waals surface area (Å²) < 4.78 is 5.58. The molecule has 40 heavy (non-hydrogen) atoms. The van der Waals surface area contributed by atoms with Crippen LogP contribution in [0.1, 0.15) is 62.7 Å². The quantitative estimate of drug-likeness (QED) is 0.471. The Morgan fingerprint density at radius 3 is 2.62 bits per heavy atom. The number of ether oxygens (including phenoxy) is 1. The van der Waals surface area contributed by atoms with Crippen molar-refractivity contribution in [2.75, 3.05) is 35.8 Å². The molecule has 1 unspecified atom stereocenters. The van der Waals surface area contributed by atoms with Gasteiger partial charge in [-0.05, 0) is 50.8 Å². The number of hydrogen-bond acceptors (Lipinski definition) is 8. The predicted octanol–water partition coefficient (Wildman–Crippen LogP) is 3.60. The summed E-state index contributed by atoms with van der Waals surface area (Å²) in [4.78, 5) is 52.0. The molecule has 2 aliphatic heterocycles. The molecule has 1 saturated carbocycles. The Morgan fingerprint density at radius 2 is 1.98 bits per heavy atom. The van der Waals surface area contributed by atoms with Gasteiger partial charge in [0.05, 0.1) is 19.0 Å². The number of nitrogens with zero attached hydrogens (tertiary/aromatic N) is 5. The lowest BCUT2D eigenvalue weighted by Crippen LogP contribution is -2.55. The van der Waals surface area contributed by atoms with Gasteiger partial charge in [0.25, 0.3) is 5.91 Å². The van der Waals surface area contributed by atoms with Crippen LogP contribution in [0.2, 0.25) is 0 Å². The van der Waals surface area contributed by atoms with Crippen LogP contribution in [0.5, 0.6) is 5.75 Å². The zero-order chi connectivity index (χ0) is 28.6. The second-order valence-corrected chi connectivity index (χ2v) is 10.8. The van der Waals surface area contributed by atoms with Gasteiger partial charge in [-0.3, -0.25) is 9.59 Å². The summed E-state index contributed by atoms with van der Waals surface area (Å²) >= 11 is 0. The van der Waals surface area contributed by atoms with Crippen molar-refractivity contribution in [2.45, 2.75) is 76.5 Å². The number of hydrogen-bond donors (Lipinski definition) is 3. The van der Waals surface area contributed by atoms with Gasteiger partial charge in [0.1, 0.15) is 17.5 Å². The summed E-state index contributed by atoms with van der Waals surface area (Å²) in [5.41, 5.74) is 1.67. The van der Waals surface area contributed by atoms with Crippen molar-refractivity contribution in [1.29, 1.82) is 0 Å². The number of aromatic nitrogens is 2. The van der Waals surface area contributed by atoms with E-state index in [1.165, 1.54) is 12.0 Å². The monoisotopic (exact) mass is 551 g/mol. The number of nitrogens with one attached hydrogen (secondary N) is 2. The summed E-state index contributed by atoms with van der Waals surface area (Å²) in [6, 6.07) is 4.63. The number of carbonyl (C=O) groups is 3. The van der Waals surface area contributed by atoms with E-state index in [0.29, 0.717) is 41.5 Å².